The molecular formula is C15H16N4O3. The second-order valence-corrected chi connectivity index (χ2v) is 5.10. The van der Waals surface area contributed by atoms with Gasteiger partial charge < -0.3 is 9.64 Å². The summed E-state index contributed by atoms with van der Waals surface area (Å²) in [6.07, 6.45) is 3.79. The van der Waals surface area contributed by atoms with Gasteiger partial charge in [-0.05, 0) is 18.6 Å². The zero-order chi connectivity index (χ0) is 15.7. The molecule has 0 radical (unpaired) electrons. The molecule has 7 heteroatoms. The van der Waals surface area contributed by atoms with Crippen molar-refractivity contribution in [3.05, 3.63) is 47.0 Å². The summed E-state index contributed by atoms with van der Waals surface area (Å²) in [5.41, 5.74) is 2.69. The topological polar surface area (TPSA) is 77.3 Å². The molecule has 0 fully saturated rings. The van der Waals surface area contributed by atoms with E-state index in [1.807, 2.05) is 0 Å². The molecule has 2 aromatic heterocycles. The van der Waals surface area contributed by atoms with Crippen LogP contribution in [0, 0.1) is 0 Å². The fourth-order valence-electron chi connectivity index (χ4n) is 2.68. The van der Waals surface area contributed by atoms with Crippen molar-refractivity contribution >= 4 is 11.9 Å². The number of rotatable bonds is 2. The molecule has 7 nitrogen and oxygen atoms in total. The van der Waals surface area contributed by atoms with Gasteiger partial charge in [0.2, 0.25) is 0 Å². The molecular weight excluding hydrogens is 284 g/mol. The van der Waals surface area contributed by atoms with Gasteiger partial charge in [0.05, 0.1) is 19.3 Å². The lowest BCUT2D eigenvalue weighted by Crippen LogP contribution is -2.36. The van der Waals surface area contributed by atoms with Crippen LogP contribution in [-0.2, 0) is 24.8 Å². The second kappa shape index (κ2) is 5.59. The smallest absolute Gasteiger partial charge is 0.358 e. The van der Waals surface area contributed by atoms with Gasteiger partial charge in [-0.3, -0.25) is 14.5 Å². The Morgan fingerprint density at radius 3 is 2.68 bits per heavy atom. The lowest BCUT2D eigenvalue weighted by molar-refractivity contribution is 0.0591. The Kier molecular flexibility index (Phi) is 3.62. The minimum atomic E-state index is -0.439. The number of methoxy groups -OCH3 is 1. The van der Waals surface area contributed by atoms with Gasteiger partial charge in [-0.15, -0.1) is 0 Å². The Hall–Kier alpha value is -2.70. The molecule has 0 bridgehead atoms. The van der Waals surface area contributed by atoms with Crippen LogP contribution in [-0.4, -0.2) is 45.2 Å². The van der Waals surface area contributed by atoms with Gasteiger partial charge in [-0.2, -0.15) is 5.10 Å². The number of aryl methyl sites for hydroxylation is 1. The molecule has 0 unspecified atom stereocenters. The molecule has 0 atom stereocenters. The number of aromatic nitrogens is 3. The zero-order valence-electron chi connectivity index (χ0n) is 12.4. The standard InChI is InChI=1S/C15H16N4O3/c1-18-12-9-19(14(20)10-3-6-16-7-4-10)8-5-11(12)13(17-18)15(21)22-2/h3-4,6-7H,5,8-9H2,1-2H3. The molecule has 114 valence electrons. The van der Waals surface area contributed by atoms with E-state index in [9.17, 15) is 9.59 Å². The molecule has 3 rings (SSSR count). The molecule has 1 aliphatic rings. The highest BCUT2D eigenvalue weighted by atomic mass is 16.5. The molecule has 2 aromatic rings. The van der Waals surface area contributed by atoms with Crippen molar-refractivity contribution in [1.82, 2.24) is 19.7 Å². The van der Waals surface area contributed by atoms with Crippen molar-refractivity contribution in [2.45, 2.75) is 13.0 Å². The quantitative estimate of drug-likeness (QED) is 0.767. The van der Waals surface area contributed by atoms with Gasteiger partial charge in [0.1, 0.15) is 0 Å². The molecule has 0 aromatic carbocycles. The minimum absolute atomic E-state index is 0.0473. The number of fused-ring (bicyclic) bond motifs is 1. The van der Waals surface area contributed by atoms with Crippen molar-refractivity contribution in [3.63, 3.8) is 0 Å². The van der Waals surface area contributed by atoms with Crippen LogP contribution in [0.5, 0.6) is 0 Å². The summed E-state index contributed by atoms with van der Waals surface area (Å²) >= 11 is 0. The van der Waals surface area contributed by atoms with E-state index in [4.69, 9.17) is 4.74 Å². The van der Waals surface area contributed by atoms with Crippen LogP contribution < -0.4 is 0 Å². The minimum Gasteiger partial charge on any atom is -0.464 e. The lowest BCUT2D eigenvalue weighted by Gasteiger charge is -2.27. The third kappa shape index (κ3) is 2.34. The van der Waals surface area contributed by atoms with Crippen molar-refractivity contribution in [1.29, 1.82) is 0 Å². The highest BCUT2D eigenvalue weighted by Crippen LogP contribution is 2.23. The Morgan fingerprint density at radius 1 is 1.27 bits per heavy atom. The second-order valence-electron chi connectivity index (χ2n) is 5.10. The average molecular weight is 300 g/mol. The first-order valence-corrected chi connectivity index (χ1v) is 6.94. The predicted octanol–water partition coefficient (Wildman–Crippen LogP) is 0.800. The molecule has 1 amide bonds. The molecule has 0 saturated heterocycles. The molecule has 22 heavy (non-hydrogen) atoms. The SMILES string of the molecule is COC(=O)c1nn(C)c2c1CCN(C(=O)c1ccncc1)C2. The van der Waals surface area contributed by atoms with Crippen molar-refractivity contribution in [3.8, 4) is 0 Å². The number of amides is 1. The van der Waals surface area contributed by atoms with Crippen LogP contribution in [0.2, 0.25) is 0 Å². The molecule has 0 aliphatic carbocycles. The van der Waals surface area contributed by atoms with Crippen LogP contribution >= 0.6 is 0 Å². The first kappa shape index (κ1) is 14.2. The highest BCUT2D eigenvalue weighted by molar-refractivity contribution is 5.94. The first-order chi connectivity index (χ1) is 10.6. The normalized spacial score (nSPS) is 13.6. The van der Waals surface area contributed by atoms with Gasteiger partial charge >= 0.3 is 5.97 Å². The summed E-state index contributed by atoms with van der Waals surface area (Å²) in [7, 11) is 3.11. The molecule has 3 heterocycles. The predicted molar refractivity (Wildman–Crippen MR) is 77.2 cm³/mol. The Labute approximate surface area is 127 Å². The molecule has 0 spiro atoms. The first-order valence-electron chi connectivity index (χ1n) is 6.94. The average Bonchev–Trinajstić information content (AvgIpc) is 2.90. The summed E-state index contributed by atoms with van der Waals surface area (Å²) in [6, 6.07) is 3.39. The Morgan fingerprint density at radius 2 is 2.00 bits per heavy atom. The van der Waals surface area contributed by atoms with Crippen LogP contribution in [0.3, 0.4) is 0 Å². The maximum atomic E-state index is 12.5. The number of carbonyl (C=O) groups excluding carboxylic acids is 2. The summed E-state index contributed by atoms with van der Waals surface area (Å²) in [4.78, 5) is 29.9. The number of pyridine rings is 1. The Bertz CT molecular complexity index is 724. The van der Waals surface area contributed by atoms with Crippen LogP contribution in [0.25, 0.3) is 0 Å². The monoisotopic (exact) mass is 300 g/mol. The van der Waals surface area contributed by atoms with E-state index in [-0.39, 0.29) is 5.91 Å². The maximum Gasteiger partial charge on any atom is 0.358 e. The van der Waals surface area contributed by atoms with Gasteiger partial charge in [0.25, 0.3) is 5.91 Å². The van der Waals surface area contributed by atoms with Crippen LogP contribution in [0.1, 0.15) is 32.1 Å². The van der Waals surface area contributed by atoms with Crippen molar-refractivity contribution in [2.75, 3.05) is 13.7 Å². The summed E-state index contributed by atoms with van der Waals surface area (Å²) < 4.78 is 6.40. The fourth-order valence-corrected chi connectivity index (χ4v) is 2.68. The summed E-state index contributed by atoms with van der Waals surface area (Å²) in [6.45, 7) is 0.973. The molecule has 0 N–H and O–H groups in total. The third-order valence-electron chi connectivity index (χ3n) is 3.84. The maximum absolute atomic E-state index is 12.5. The van der Waals surface area contributed by atoms with E-state index in [0.29, 0.717) is 30.8 Å². The van der Waals surface area contributed by atoms with Gasteiger partial charge in [0, 0.05) is 37.1 Å². The van der Waals surface area contributed by atoms with E-state index >= 15 is 0 Å². The van der Waals surface area contributed by atoms with E-state index in [0.717, 1.165) is 11.3 Å². The number of hydrogen-bond donors (Lipinski definition) is 0. The van der Waals surface area contributed by atoms with Crippen molar-refractivity contribution < 1.29 is 14.3 Å². The summed E-state index contributed by atoms with van der Waals surface area (Å²) in [5, 5.41) is 4.22. The summed E-state index contributed by atoms with van der Waals surface area (Å²) in [5.74, 6) is -0.486. The number of esters is 1. The van der Waals surface area contributed by atoms with E-state index < -0.39 is 5.97 Å². The zero-order valence-corrected chi connectivity index (χ0v) is 12.4. The fraction of sp³-hybridized carbons (Fsp3) is 0.333. The largest absolute Gasteiger partial charge is 0.464 e. The van der Waals surface area contributed by atoms with E-state index in [1.54, 1.807) is 41.2 Å². The Balaban J connectivity index is 1.87. The van der Waals surface area contributed by atoms with Crippen LogP contribution in [0.4, 0.5) is 0 Å². The van der Waals surface area contributed by atoms with Gasteiger partial charge in [-0.25, -0.2) is 4.79 Å². The lowest BCUT2D eigenvalue weighted by atomic mass is 10.0. The molecule has 1 aliphatic heterocycles. The van der Waals surface area contributed by atoms with Gasteiger partial charge in [0.15, 0.2) is 5.69 Å². The number of nitrogens with zero attached hydrogens (tertiary/aromatic N) is 4. The number of carbonyl (C=O) groups is 2. The third-order valence-corrected chi connectivity index (χ3v) is 3.84. The van der Waals surface area contributed by atoms with E-state index in [2.05, 4.69) is 10.1 Å². The van der Waals surface area contributed by atoms with Crippen molar-refractivity contribution in [2.24, 2.45) is 7.05 Å². The highest BCUT2D eigenvalue weighted by Gasteiger charge is 2.29. The number of hydrogen-bond acceptors (Lipinski definition) is 5. The van der Waals surface area contributed by atoms with E-state index in [1.165, 1.54) is 7.11 Å². The molecule has 0 saturated carbocycles. The van der Waals surface area contributed by atoms with Gasteiger partial charge in [-0.1, -0.05) is 0 Å². The van der Waals surface area contributed by atoms with Crippen LogP contribution in [0.15, 0.2) is 24.5 Å². The number of ether oxygens (including phenoxy) is 1.